The van der Waals surface area contributed by atoms with Crippen LogP contribution in [0.4, 0.5) is 0 Å². The third kappa shape index (κ3) is 3.23. The molecule has 0 radical (unpaired) electrons. The van der Waals surface area contributed by atoms with Crippen LogP contribution in [0.15, 0.2) is 51.9 Å². The Morgan fingerprint density at radius 3 is 2.83 bits per heavy atom. The summed E-state index contributed by atoms with van der Waals surface area (Å²) in [5.41, 5.74) is 1.16. The largest absolute Gasteiger partial charge is 0.491 e. The van der Waals surface area contributed by atoms with Crippen LogP contribution in [0.25, 0.3) is 0 Å². The molecule has 0 unspecified atom stereocenters. The lowest BCUT2D eigenvalue weighted by atomic mass is 10.2. The molecule has 0 N–H and O–H groups in total. The number of pyridine rings is 1. The number of halogens is 1. The number of rotatable bonds is 4. The molecule has 0 saturated carbocycles. The second-order valence-corrected chi connectivity index (χ2v) is 4.87. The first-order valence-corrected chi connectivity index (χ1v) is 6.50. The summed E-state index contributed by atoms with van der Waals surface area (Å²) in [6.45, 7) is 3.03. The van der Waals surface area contributed by atoms with Crippen molar-refractivity contribution < 1.29 is 4.74 Å². The van der Waals surface area contributed by atoms with Gasteiger partial charge in [-0.3, -0.25) is 4.79 Å². The van der Waals surface area contributed by atoms with Crippen molar-refractivity contribution in [2.45, 2.75) is 13.5 Å². The predicted octanol–water partition coefficient (Wildman–Crippen LogP) is 3.00. The molecule has 1 aromatic heterocycles. The number of benzene rings is 1. The van der Waals surface area contributed by atoms with E-state index in [4.69, 9.17) is 4.74 Å². The molecule has 0 atom stereocenters. The zero-order valence-corrected chi connectivity index (χ0v) is 11.7. The fraction of sp³-hybridized carbons (Fsp3) is 0.214. The topological polar surface area (TPSA) is 31.2 Å². The summed E-state index contributed by atoms with van der Waals surface area (Å²) < 4.78 is 8.20. The molecule has 0 aliphatic heterocycles. The minimum Gasteiger partial charge on any atom is -0.491 e. The summed E-state index contributed by atoms with van der Waals surface area (Å²) in [7, 11) is 0. The van der Waals surface area contributed by atoms with Gasteiger partial charge in [0.05, 0.1) is 11.0 Å². The highest BCUT2D eigenvalue weighted by Gasteiger charge is 2.01. The number of aryl methyl sites for hydroxylation is 1. The molecule has 1 heterocycles. The normalized spacial score (nSPS) is 10.3. The lowest BCUT2D eigenvalue weighted by molar-refractivity contribution is 0.294. The Bertz CT molecular complexity index is 592. The van der Waals surface area contributed by atoms with Crippen LogP contribution in [-0.2, 0) is 6.54 Å². The monoisotopic (exact) mass is 307 g/mol. The molecule has 0 fully saturated rings. The Labute approximate surface area is 114 Å². The summed E-state index contributed by atoms with van der Waals surface area (Å²) in [6, 6.07) is 11.0. The minimum absolute atomic E-state index is 0.0101. The molecule has 18 heavy (non-hydrogen) atoms. The summed E-state index contributed by atoms with van der Waals surface area (Å²) in [6.07, 6.45) is 1.76. The second kappa shape index (κ2) is 5.87. The standard InChI is InChI=1S/C14H14BrNO2/c1-11-5-6-13(12(15)10-11)18-9-8-16-7-3-2-4-14(16)17/h2-7,10H,8-9H2,1H3. The molecule has 0 aliphatic rings. The lowest BCUT2D eigenvalue weighted by Gasteiger charge is -2.09. The lowest BCUT2D eigenvalue weighted by Crippen LogP contribution is -2.21. The molecular weight excluding hydrogens is 294 g/mol. The summed E-state index contributed by atoms with van der Waals surface area (Å²) in [4.78, 5) is 11.5. The fourth-order valence-corrected chi connectivity index (χ4v) is 2.23. The van der Waals surface area contributed by atoms with Crippen LogP contribution >= 0.6 is 15.9 Å². The van der Waals surface area contributed by atoms with Gasteiger partial charge in [-0.05, 0) is 46.6 Å². The van der Waals surface area contributed by atoms with Gasteiger partial charge in [0.1, 0.15) is 12.4 Å². The van der Waals surface area contributed by atoms with Crippen molar-refractivity contribution in [3.63, 3.8) is 0 Å². The van der Waals surface area contributed by atoms with E-state index in [0.717, 1.165) is 10.2 Å². The van der Waals surface area contributed by atoms with Gasteiger partial charge in [0.25, 0.3) is 5.56 Å². The van der Waals surface area contributed by atoms with Gasteiger partial charge in [-0.2, -0.15) is 0 Å². The van der Waals surface area contributed by atoms with Crippen molar-refractivity contribution in [3.8, 4) is 5.75 Å². The quantitative estimate of drug-likeness (QED) is 0.869. The molecule has 0 bridgehead atoms. The fourth-order valence-electron chi connectivity index (χ4n) is 1.62. The molecule has 94 valence electrons. The Morgan fingerprint density at radius 2 is 2.11 bits per heavy atom. The first kappa shape index (κ1) is 12.9. The van der Waals surface area contributed by atoms with E-state index in [1.807, 2.05) is 31.2 Å². The van der Waals surface area contributed by atoms with Gasteiger partial charge in [0, 0.05) is 12.3 Å². The SMILES string of the molecule is Cc1ccc(OCCn2ccccc2=O)c(Br)c1. The molecule has 2 rings (SSSR count). The molecule has 0 spiro atoms. The van der Waals surface area contributed by atoms with Gasteiger partial charge in [-0.1, -0.05) is 12.1 Å². The van der Waals surface area contributed by atoms with Crippen molar-refractivity contribution in [2.24, 2.45) is 0 Å². The van der Waals surface area contributed by atoms with Crippen LogP contribution < -0.4 is 10.3 Å². The number of ether oxygens (including phenoxy) is 1. The van der Waals surface area contributed by atoms with Crippen molar-refractivity contribution in [1.82, 2.24) is 4.57 Å². The maximum atomic E-state index is 11.5. The average molecular weight is 308 g/mol. The first-order valence-electron chi connectivity index (χ1n) is 5.71. The highest BCUT2D eigenvalue weighted by Crippen LogP contribution is 2.25. The number of hydrogen-bond acceptors (Lipinski definition) is 2. The van der Waals surface area contributed by atoms with E-state index >= 15 is 0 Å². The Kier molecular flexibility index (Phi) is 4.20. The van der Waals surface area contributed by atoms with E-state index in [2.05, 4.69) is 15.9 Å². The van der Waals surface area contributed by atoms with Crippen molar-refractivity contribution >= 4 is 15.9 Å². The summed E-state index contributed by atoms with van der Waals surface area (Å²) >= 11 is 3.45. The van der Waals surface area contributed by atoms with Gasteiger partial charge in [0.2, 0.25) is 0 Å². The highest BCUT2D eigenvalue weighted by atomic mass is 79.9. The number of hydrogen-bond donors (Lipinski definition) is 0. The van der Waals surface area contributed by atoms with Gasteiger partial charge in [0.15, 0.2) is 0 Å². The van der Waals surface area contributed by atoms with Crippen LogP contribution in [0.2, 0.25) is 0 Å². The first-order chi connectivity index (χ1) is 8.66. The van der Waals surface area contributed by atoms with E-state index in [1.165, 1.54) is 5.56 Å². The molecular formula is C14H14BrNO2. The average Bonchev–Trinajstić information content (AvgIpc) is 2.34. The van der Waals surface area contributed by atoms with Gasteiger partial charge >= 0.3 is 0 Å². The number of aromatic nitrogens is 1. The molecule has 4 heteroatoms. The maximum absolute atomic E-state index is 11.5. The zero-order chi connectivity index (χ0) is 13.0. The van der Waals surface area contributed by atoms with Crippen LogP contribution in [0.3, 0.4) is 0 Å². The van der Waals surface area contributed by atoms with Crippen molar-refractivity contribution in [1.29, 1.82) is 0 Å². The zero-order valence-electron chi connectivity index (χ0n) is 10.1. The Balaban J connectivity index is 1.97. The summed E-state index contributed by atoms with van der Waals surface area (Å²) in [5, 5.41) is 0. The third-order valence-electron chi connectivity index (χ3n) is 2.58. The molecule has 0 amide bonds. The number of nitrogens with zero attached hydrogens (tertiary/aromatic N) is 1. The van der Waals surface area contributed by atoms with Crippen LogP contribution in [0.1, 0.15) is 5.56 Å². The van der Waals surface area contributed by atoms with Crippen molar-refractivity contribution in [2.75, 3.05) is 6.61 Å². The maximum Gasteiger partial charge on any atom is 0.250 e. The van der Waals surface area contributed by atoms with E-state index in [0.29, 0.717) is 13.2 Å². The van der Waals surface area contributed by atoms with E-state index in [9.17, 15) is 4.79 Å². The van der Waals surface area contributed by atoms with Crippen LogP contribution in [0, 0.1) is 6.92 Å². The molecule has 2 aromatic rings. The Morgan fingerprint density at radius 1 is 1.28 bits per heavy atom. The molecule has 3 nitrogen and oxygen atoms in total. The van der Waals surface area contributed by atoms with Crippen LogP contribution in [-0.4, -0.2) is 11.2 Å². The predicted molar refractivity (Wildman–Crippen MR) is 75.1 cm³/mol. The summed E-state index contributed by atoms with van der Waals surface area (Å²) in [5.74, 6) is 0.796. The van der Waals surface area contributed by atoms with Crippen molar-refractivity contribution in [3.05, 3.63) is 63.0 Å². The van der Waals surface area contributed by atoms with Gasteiger partial charge in [-0.25, -0.2) is 0 Å². The second-order valence-electron chi connectivity index (χ2n) is 4.01. The highest BCUT2D eigenvalue weighted by molar-refractivity contribution is 9.10. The van der Waals surface area contributed by atoms with E-state index < -0.39 is 0 Å². The molecule has 0 aliphatic carbocycles. The Hall–Kier alpha value is -1.55. The van der Waals surface area contributed by atoms with Gasteiger partial charge < -0.3 is 9.30 Å². The van der Waals surface area contributed by atoms with E-state index in [1.54, 1.807) is 22.9 Å². The van der Waals surface area contributed by atoms with Gasteiger partial charge in [-0.15, -0.1) is 0 Å². The molecule has 0 saturated heterocycles. The molecule has 1 aromatic carbocycles. The van der Waals surface area contributed by atoms with Crippen LogP contribution in [0.5, 0.6) is 5.75 Å². The van der Waals surface area contributed by atoms with E-state index in [-0.39, 0.29) is 5.56 Å². The minimum atomic E-state index is -0.0101. The third-order valence-corrected chi connectivity index (χ3v) is 3.20. The smallest absolute Gasteiger partial charge is 0.250 e.